The molecule has 0 heterocycles. The summed E-state index contributed by atoms with van der Waals surface area (Å²) in [5, 5.41) is 0. The molecule has 0 N–H and O–H groups in total. The third kappa shape index (κ3) is 6.19. The molecule has 0 amide bonds. The Bertz CT molecular complexity index is 818. The number of hydrogen-bond acceptors (Lipinski definition) is 3. The molecule has 0 atom stereocenters. The van der Waals surface area contributed by atoms with Crippen molar-refractivity contribution in [3.63, 3.8) is 0 Å². The van der Waals surface area contributed by atoms with Crippen LogP contribution in [0.1, 0.15) is 53.1 Å². The van der Waals surface area contributed by atoms with Gasteiger partial charge in [0.1, 0.15) is 5.75 Å². The lowest BCUT2D eigenvalue weighted by molar-refractivity contribution is -0.330. The highest BCUT2D eigenvalue weighted by atomic mass is 19.4. The first-order valence-corrected chi connectivity index (χ1v) is 9.58. The molecule has 0 radical (unpaired) electrons. The molecule has 1 saturated carbocycles. The second-order valence-electron chi connectivity index (χ2n) is 7.24. The lowest BCUT2D eigenvalue weighted by Crippen LogP contribution is -2.13. The molecule has 1 aliphatic rings. The topological polar surface area (TPSA) is 35.5 Å². The highest BCUT2D eigenvalue weighted by Crippen LogP contribution is 2.36. The predicted octanol–water partition coefficient (Wildman–Crippen LogP) is 6.40. The zero-order valence-corrected chi connectivity index (χ0v) is 16.0. The lowest BCUT2D eigenvalue weighted by atomic mass is 9.79. The molecular formula is C23H23F3O3. The van der Waals surface area contributed by atoms with Crippen molar-refractivity contribution in [2.45, 2.75) is 44.6 Å². The zero-order chi connectivity index (χ0) is 20.9. The maximum Gasteiger partial charge on any atom is 0.522 e. The Morgan fingerprint density at radius 1 is 1.00 bits per heavy atom. The molecule has 0 spiro atoms. The Morgan fingerprint density at radius 2 is 1.62 bits per heavy atom. The van der Waals surface area contributed by atoms with Crippen LogP contribution in [0.3, 0.4) is 0 Å². The number of hydrogen-bond donors (Lipinski definition) is 0. The summed E-state index contributed by atoms with van der Waals surface area (Å²) in [6.07, 6.45) is 1.90. The van der Waals surface area contributed by atoms with Crippen molar-refractivity contribution in [2.75, 3.05) is 0 Å². The Balaban J connectivity index is 1.54. The summed E-state index contributed by atoms with van der Waals surface area (Å²) in [4.78, 5) is 12.3. The Hall–Kier alpha value is -2.60. The van der Waals surface area contributed by atoms with E-state index in [-0.39, 0.29) is 5.56 Å². The Kier molecular flexibility index (Phi) is 6.75. The maximum atomic E-state index is 12.3. The molecule has 0 aliphatic heterocycles. The predicted molar refractivity (Wildman–Crippen MR) is 104 cm³/mol. The molecule has 2 aromatic rings. The van der Waals surface area contributed by atoms with E-state index >= 15 is 0 Å². The van der Waals surface area contributed by atoms with Crippen LogP contribution in [0, 0.1) is 5.92 Å². The highest BCUT2D eigenvalue weighted by Gasteiger charge is 2.28. The van der Waals surface area contributed by atoms with E-state index in [0.717, 1.165) is 25.7 Å². The van der Waals surface area contributed by atoms with E-state index in [1.54, 1.807) is 12.1 Å². The number of allylic oxidation sites excluding steroid dienone is 1. The van der Waals surface area contributed by atoms with E-state index < -0.39 is 18.9 Å². The van der Waals surface area contributed by atoms with Crippen molar-refractivity contribution in [3.8, 4) is 5.75 Å². The molecule has 0 bridgehead atoms. The minimum atomic E-state index is -4.69. The second kappa shape index (κ2) is 9.27. The molecule has 0 aromatic heterocycles. The van der Waals surface area contributed by atoms with E-state index in [9.17, 15) is 18.0 Å². The normalized spacial score (nSPS) is 19.6. The molecule has 3 rings (SSSR count). The van der Waals surface area contributed by atoms with Crippen LogP contribution in [0.5, 0.6) is 5.75 Å². The Labute approximate surface area is 168 Å². The number of carbonyl (C=O) groups is 1. The standard InChI is InChI=1S/C23H23F3O3/c1-2-16-3-7-18(8-4-16)19-11-13-21(14-12-19)29-22(27)20-9-5-17(6-10-20)15-28-23(24,25)26/h2,5-6,9-14,16,18H,1,3-4,7-8,15H2. The molecule has 154 valence electrons. The monoisotopic (exact) mass is 404 g/mol. The first-order chi connectivity index (χ1) is 13.8. The summed E-state index contributed by atoms with van der Waals surface area (Å²) in [6.45, 7) is 3.27. The van der Waals surface area contributed by atoms with Crippen LogP contribution in [0.2, 0.25) is 0 Å². The molecule has 6 heteroatoms. The van der Waals surface area contributed by atoms with Crippen LogP contribution in [0.25, 0.3) is 0 Å². The van der Waals surface area contributed by atoms with Gasteiger partial charge in [-0.3, -0.25) is 4.74 Å². The van der Waals surface area contributed by atoms with Gasteiger partial charge < -0.3 is 4.74 Å². The van der Waals surface area contributed by atoms with Crippen molar-refractivity contribution < 1.29 is 27.4 Å². The number of benzene rings is 2. The first-order valence-electron chi connectivity index (χ1n) is 9.58. The van der Waals surface area contributed by atoms with Crippen LogP contribution in [-0.2, 0) is 11.3 Å². The van der Waals surface area contributed by atoms with E-state index in [2.05, 4.69) is 11.3 Å². The van der Waals surface area contributed by atoms with Gasteiger partial charge in [0.25, 0.3) is 0 Å². The summed E-state index contributed by atoms with van der Waals surface area (Å²) in [5.41, 5.74) is 1.81. The second-order valence-corrected chi connectivity index (χ2v) is 7.24. The molecule has 0 saturated heterocycles. The summed E-state index contributed by atoms with van der Waals surface area (Å²) >= 11 is 0. The van der Waals surface area contributed by atoms with Gasteiger partial charge in [0.2, 0.25) is 0 Å². The van der Waals surface area contributed by atoms with Gasteiger partial charge in [-0.25, -0.2) is 4.79 Å². The van der Waals surface area contributed by atoms with E-state index in [1.165, 1.54) is 29.8 Å². The fourth-order valence-corrected chi connectivity index (χ4v) is 3.56. The third-order valence-electron chi connectivity index (χ3n) is 5.26. The number of rotatable bonds is 6. The summed E-state index contributed by atoms with van der Waals surface area (Å²) in [7, 11) is 0. The van der Waals surface area contributed by atoms with E-state index in [0.29, 0.717) is 23.1 Å². The van der Waals surface area contributed by atoms with E-state index in [1.807, 2.05) is 18.2 Å². The lowest BCUT2D eigenvalue weighted by Gasteiger charge is -2.26. The van der Waals surface area contributed by atoms with Gasteiger partial charge in [-0.15, -0.1) is 19.8 Å². The third-order valence-corrected chi connectivity index (χ3v) is 5.26. The van der Waals surface area contributed by atoms with Crippen LogP contribution in [-0.4, -0.2) is 12.3 Å². The van der Waals surface area contributed by atoms with Gasteiger partial charge in [0.05, 0.1) is 12.2 Å². The summed E-state index contributed by atoms with van der Waals surface area (Å²) in [6, 6.07) is 13.2. The summed E-state index contributed by atoms with van der Waals surface area (Å²) < 4.78 is 45.3. The molecule has 29 heavy (non-hydrogen) atoms. The fraction of sp³-hybridized carbons (Fsp3) is 0.348. The van der Waals surface area contributed by atoms with Crippen molar-refractivity contribution in [3.05, 3.63) is 77.9 Å². The van der Waals surface area contributed by atoms with Gasteiger partial charge in [-0.1, -0.05) is 30.3 Å². The number of esters is 1. The number of alkyl halides is 3. The van der Waals surface area contributed by atoms with E-state index in [4.69, 9.17) is 4.74 Å². The molecular weight excluding hydrogens is 381 g/mol. The molecule has 1 aliphatic carbocycles. The van der Waals surface area contributed by atoms with Crippen LogP contribution >= 0.6 is 0 Å². The van der Waals surface area contributed by atoms with Crippen LogP contribution in [0.4, 0.5) is 13.2 Å². The van der Waals surface area contributed by atoms with Crippen molar-refractivity contribution >= 4 is 5.97 Å². The largest absolute Gasteiger partial charge is 0.522 e. The van der Waals surface area contributed by atoms with Gasteiger partial charge in [0, 0.05) is 0 Å². The minimum absolute atomic E-state index is 0.257. The molecule has 0 unspecified atom stereocenters. The molecule has 2 aromatic carbocycles. The quantitative estimate of drug-likeness (QED) is 0.317. The highest BCUT2D eigenvalue weighted by molar-refractivity contribution is 5.91. The molecule has 1 fully saturated rings. The number of halogens is 3. The van der Waals surface area contributed by atoms with Crippen LogP contribution in [0.15, 0.2) is 61.2 Å². The number of carbonyl (C=O) groups excluding carboxylic acids is 1. The molecule has 3 nitrogen and oxygen atoms in total. The van der Waals surface area contributed by atoms with Crippen LogP contribution < -0.4 is 4.74 Å². The SMILES string of the molecule is C=CC1CCC(c2ccc(OC(=O)c3ccc(COC(F)(F)F)cc3)cc2)CC1. The van der Waals surface area contributed by atoms with Crippen molar-refractivity contribution in [1.82, 2.24) is 0 Å². The average molecular weight is 404 g/mol. The summed E-state index contributed by atoms with van der Waals surface area (Å²) in [5.74, 6) is 0.996. The smallest absolute Gasteiger partial charge is 0.423 e. The minimum Gasteiger partial charge on any atom is -0.423 e. The van der Waals surface area contributed by atoms with Crippen molar-refractivity contribution in [1.29, 1.82) is 0 Å². The first kappa shape index (κ1) is 21.1. The maximum absolute atomic E-state index is 12.3. The van der Waals surface area contributed by atoms with Gasteiger partial charge in [-0.05, 0) is 72.9 Å². The van der Waals surface area contributed by atoms with Gasteiger partial charge in [-0.2, -0.15) is 0 Å². The average Bonchev–Trinajstić information content (AvgIpc) is 2.73. The van der Waals surface area contributed by atoms with Gasteiger partial charge in [0.15, 0.2) is 0 Å². The Morgan fingerprint density at radius 3 is 2.17 bits per heavy atom. The van der Waals surface area contributed by atoms with Crippen molar-refractivity contribution in [2.24, 2.45) is 5.92 Å². The van der Waals surface area contributed by atoms with Gasteiger partial charge >= 0.3 is 12.3 Å². The fourth-order valence-electron chi connectivity index (χ4n) is 3.56. The zero-order valence-electron chi connectivity index (χ0n) is 16.0. The number of ether oxygens (including phenoxy) is 2.